The summed E-state index contributed by atoms with van der Waals surface area (Å²) in [6, 6.07) is 6.38. The Hall–Kier alpha value is -1.57. The van der Waals surface area contributed by atoms with Crippen molar-refractivity contribution in [2.24, 2.45) is 5.14 Å². The second-order valence-electron chi connectivity index (χ2n) is 3.53. The molecule has 0 aliphatic heterocycles. The summed E-state index contributed by atoms with van der Waals surface area (Å²) in [5.74, 6) is -0.960. The molecular weight excluding hydrogens is 277 g/mol. The molecule has 0 radical (unpaired) electrons. The number of halogens is 1. The largest absolute Gasteiger partial charge is 0.288 e. The molecule has 2 N–H and O–H groups in total. The third kappa shape index (κ3) is 2.63. The Morgan fingerprint density at radius 2 is 2.00 bits per heavy atom. The molecule has 0 saturated carbocycles. The molecule has 0 aliphatic rings. The molecule has 0 fully saturated rings. The van der Waals surface area contributed by atoms with Crippen LogP contribution in [0, 0.1) is 5.82 Å². The first kappa shape index (κ1) is 12.9. The van der Waals surface area contributed by atoms with Crippen molar-refractivity contribution in [3.05, 3.63) is 52.0 Å². The van der Waals surface area contributed by atoms with E-state index in [1.54, 1.807) is 0 Å². The highest BCUT2D eigenvalue weighted by atomic mass is 32.2. The fraction of sp³-hybridized carbons (Fsp3) is 0. The third-order valence-electron chi connectivity index (χ3n) is 2.21. The van der Waals surface area contributed by atoms with Crippen LogP contribution in [0.15, 0.2) is 40.6 Å². The summed E-state index contributed by atoms with van der Waals surface area (Å²) in [7, 11) is -3.82. The van der Waals surface area contributed by atoms with Crippen molar-refractivity contribution in [1.82, 2.24) is 0 Å². The van der Waals surface area contributed by atoms with Crippen LogP contribution in [0.3, 0.4) is 0 Å². The molecule has 7 heteroatoms. The normalized spacial score (nSPS) is 11.4. The Morgan fingerprint density at radius 3 is 2.56 bits per heavy atom. The second-order valence-corrected chi connectivity index (χ2v) is 6.00. The van der Waals surface area contributed by atoms with E-state index in [1.165, 1.54) is 29.6 Å². The van der Waals surface area contributed by atoms with E-state index >= 15 is 0 Å². The maximum absolute atomic E-state index is 13.0. The first-order valence-electron chi connectivity index (χ1n) is 4.79. The van der Waals surface area contributed by atoms with Gasteiger partial charge >= 0.3 is 0 Å². The molecule has 94 valence electrons. The van der Waals surface area contributed by atoms with Crippen LogP contribution in [0.1, 0.15) is 15.2 Å². The minimum Gasteiger partial charge on any atom is -0.288 e. The summed E-state index contributed by atoms with van der Waals surface area (Å²) in [5, 5.41) is 6.22. The third-order valence-corrected chi connectivity index (χ3v) is 4.19. The van der Waals surface area contributed by atoms with Gasteiger partial charge in [-0.25, -0.2) is 17.9 Å². The fourth-order valence-electron chi connectivity index (χ4n) is 1.36. The Bertz CT molecular complexity index is 707. The van der Waals surface area contributed by atoms with Gasteiger partial charge in [0.25, 0.3) is 0 Å². The zero-order chi connectivity index (χ0) is 13.3. The molecule has 0 atom stereocenters. The SMILES string of the molecule is NS(=O)(=O)c1csc(C(=O)c2cccc(F)c2)c1. The van der Waals surface area contributed by atoms with Gasteiger partial charge in [-0.1, -0.05) is 12.1 Å². The number of primary sulfonamides is 1. The van der Waals surface area contributed by atoms with E-state index in [9.17, 15) is 17.6 Å². The molecule has 18 heavy (non-hydrogen) atoms. The number of ketones is 1. The minimum absolute atomic E-state index is 0.118. The summed E-state index contributed by atoms with van der Waals surface area (Å²) in [6.45, 7) is 0. The van der Waals surface area contributed by atoms with E-state index in [2.05, 4.69) is 0 Å². The van der Waals surface area contributed by atoms with E-state index in [-0.39, 0.29) is 15.3 Å². The van der Waals surface area contributed by atoms with Crippen LogP contribution in [0.5, 0.6) is 0 Å². The average molecular weight is 285 g/mol. The first-order valence-corrected chi connectivity index (χ1v) is 7.22. The topological polar surface area (TPSA) is 77.2 Å². The number of hydrogen-bond acceptors (Lipinski definition) is 4. The van der Waals surface area contributed by atoms with Gasteiger partial charge in [0.15, 0.2) is 0 Å². The highest BCUT2D eigenvalue weighted by Crippen LogP contribution is 2.21. The minimum atomic E-state index is -3.82. The second kappa shape index (κ2) is 4.60. The lowest BCUT2D eigenvalue weighted by Gasteiger charge is -1.97. The molecule has 2 rings (SSSR count). The van der Waals surface area contributed by atoms with Gasteiger partial charge in [0.1, 0.15) is 5.82 Å². The predicted octanol–water partition coefficient (Wildman–Crippen LogP) is 1.77. The van der Waals surface area contributed by atoms with Crippen molar-refractivity contribution in [1.29, 1.82) is 0 Å². The Balaban J connectivity index is 2.38. The predicted molar refractivity (Wildman–Crippen MR) is 65.5 cm³/mol. The van der Waals surface area contributed by atoms with Crippen molar-refractivity contribution in [2.75, 3.05) is 0 Å². The van der Waals surface area contributed by atoms with E-state index in [4.69, 9.17) is 5.14 Å². The lowest BCUT2D eigenvalue weighted by Crippen LogP contribution is -2.11. The maximum Gasteiger partial charge on any atom is 0.238 e. The molecule has 0 saturated heterocycles. The standard InChI is InChI=1S/C11H8FNO3S2/c12-8-3-1-2-7(4-8)11(14)10-5-9(6-17-10)18(13,15)16/h1-6H,(H2,13,15,16). The van der Waals surface area contributed by atoms with Gasteiger partial charge in [0.2, 0.25) is 15.8 Å². The highest BCUT2D eigenvalue weighted by molar-refractivity contribution is 7.89. The molecular formula is C11H8FNO3S2. The molecule has 0 spiro atoms. The molecule has 1 aromatic heterocycles. The number of thiophene rings is 1. The van der Waals surface area contributed by atoms with Crippen molar-refractivity contribution in [3.8, 4) is 0 Å². The molecule has 0 amide bonds. The Kier molecular flexibility index (Phi) is 3.29. The van der Waals surface area contributed by atoms with Crippen LogP contribution >= 0.6 is 11.3 Å². The van der Waals surface area contributed by atoms with Gasteiger partial charge < -0.3 is 0 Å². The highest BCUT2D eigenvalue weighted by Gasteiger charge is 2.16. The Morgan fingerprint density at radius 1 is 1.28 bits per heavy atom. The molecule has 0 aliphatic carbocycles. The van der Waals surface area contributed by atoms with Gasteiger partial charge in [-0.05, 0) is 18.2 Å². The van der Waals surface area contributed by atoms with E-state index in [1.807, 2.05) is 0 Å². The summed E-state index contributed by atoms with van der Waals surface area (Å²) >= 11 is 0.954. The van der Waals surface area contributed by atoms with Gasteiger partial charge in [-0.3, -0.25) is 4.79 Å². The quantitative estimate of drug-likeness (QED) is 0.873. The summed E-state index contributed by atoms with van der Waals surface area (Å²) in [6.07, 6.45) is 0. The summed E-state index contributed by atoms with van der Waals surface area (Å²) < 4.78 is 35.1. The number of carbonyl (C=O) groups excluding carboxylic acids is 1. The van der Waals surface area contributed by atoms with Crippen LogP contribution in [-0.4, -0.2) is 14.2 Å². The smallest absolute Gasteiger partial charge is 0.238 e. The molecule has 1 aromatic carbocycles. The van der Waals surface area contributed by atoms with Gasteiger partial charge in [-0.15, -0.1) is 11.3 Å². The van der Waals surface area contributed by atoms with E-state index in [0.29, 0.717) is 0 Å². The number of sulfonamides is 1. The van der Waals surface area contributed by atoms with Crippen LogP contribution in [0.2, 0.25) is 0 Å². The number of rotatable bonds is 3. The van der Waals surface area contributed by atoms with Gasteiger partial charge in [-0.2, -0.15) is 0 Å². The molecule has 0 unspecified atom stereocenters. The molecule has 2 aromatic rings. The molecule has 4 nitrogen and oxygen atoms in total. The summed E-state index contributed by atoms with van der Waals surface area (Å²) in [5.41, 5.74) is 0.165. The van der Waals surface area contributed by atoms with E-state index < -0.39 is 21.6 Å². The van der Waals surface area contributed by atoms with Crippen LogP contribution in [0.4, 0.5) is 4.39 Å². The Labute approximate surface area is 107 Å². The van der Waals surface area contributed by atoms with Crippen LogP contribution in [0.25, 0.3) is 0 Å². The molecule has 0 bridgehead atoms. The number of carbonyl (C=O) groups is 1. The van der Waals surface area contributed by atoms with Gasteiger partial charge in [0.05, 0.1) is 9.77 Å². The van der Waals surface area contributed by atoms with Crippen molar-refractivity contribution >= 4 is 27.1 Å². The number of nitrogens with two attached hydrogens (primary N) is 1. The zero-order valence-electron chi connectivity index (χ0n) is 8.96. The lowest BCUT2D eigenvalue weighted by atomic mass is 10.1. The zero-order valence-corrected chi connectivity index (χ0v) is 10.6. The maximum atomic E-state index is 13.0. The fourth-order valence-corrected chi connectivity index (χ4v) is 3.13. The molecule has 1 heterocycles. The monoisotopic (exact) mass is 285 g/mol. The first-order chi connectivity index (χ1) is 8.38. The average Bonchev–Trinajstić information content (AvgIpc) is 2.77. The van der Waals surface area contributed by atoms with Crippen molar-refractivity contribution < 1.29 is 17.6 Å². The van der Waals surface area contributed by atoms with Crippen LogP contribution in [-0.2, 0) is 10.0 Å². The van der Waals surface area contributed by atoms with E-state index in [0.717, 1.165) is 17.4 Å². The van der Waals surface area contributed by atoms with Gasteiger partial charge in [0, 0.05) is 10.9 Å². The summed E-state index contributed by atoms with van der Waals surface area (Å²) in [4.78, 5) is 12.0. The van der Waals surface area contributed by atoms with Crippen LogP contribution < -0.4 is 5.14 Å². The lowest BCUT2D eigenvalue weighted by molar-refractivity contribution is 0.104. The van der Waals surface area contributed by atoms with Crippen molar-refractivity contribution in [2.45, 2.75) is 4.90 Å². The van der Waals surface area contributed by atoms with Crippen molar-refractivity contribution in [3.63, 3.8) is 0 Å². The number of hydrogen-bond donors (Lipinski definition) is 1. The number of benzene rings is 1.